The average molecular weight is 558 g/mol. The number of cyclic esters (lactones) is 1. The molecule has 0 saturated carbocycles. The zero-order valence-corrected chi connectivity index (χ0v) is 23.1. The van der Waals surface area contributed by atoms with Crippen molar-refractivity contribution in [1.29, 1.82) is 0 Å². The monoisotopic (exact) mass is 557 g/mol. The maximum Gasteiger partial charge on any atom is 0.320 e. The number of likely N-dealkylation sites (tertiary alicyclic amines) is 1. The molecule has 2 unspecified atom stereocenters. The number of aromatic nitrogens is 2. The Bertz CT molecular complexity index is 1340. The quantitative estimate of drug-likeness (QED) is 0.384. The van der Waals surface area contributed by atoms with Gasteiger partial charge >= 0.3 is 5.97 Å². The van der Waals surface area contributed by atoms with Gasteiger partial charge < -0.3 is 19.5 Å². The van der Waals surface area contributed by atoms with Gasteiger partial charge in [-0.3, -0.25) is 14.6 Å². The van der Waals surface area contributed by atoms with Crippen LogP contribution in [0.5, 0.6) is 11.5 Å². The number of hydrogen-bond donors (Lipinski definition) is 1. The minimum atomic E-state index is -0.487. The number of esters is 1. The normalized spacial score (nSPS) is 20.0. The Hall–Kier alpha value is -3.21. The Balaban J connectivity index is 1.30. The molecule has 3 heterocycles. The van der Waals surface area contributed by atoms with E-state index in [1.54, 1.807) is 13.2 Å². The fraction of sp³-hybridized carbons (Fsp3) is 0.464. The van der Waals surface area contributed by atoms with E-state index in [0.717, 1.165) is 44.3 Å². The lowest BCUT2D eigenvalue weighted by Gasteiger charge is -2.42. The third kappa shape index (κ3) is 6.18. The number of methoxy groups -OCH3 is 1. The van der Waals surface area contributed by atoms with E-state index in [9.17, 15) is 9.18 Å². The van der Waals surface area contributed by atoms with Gasteiger partial charge in [0.05, 0.1) is 24.2 Å². The maximum absolute atomic E-state index is 13.6. The first-order chi connectivity index (χ1) is 18.8. The number of fused-ring (bicyclic) bond motifs is 1. The average Bonchev–Trinajstić information content (AvgIpc) is 2.93. The van der Waals surface area contributed by atoms with Crippen LogP contribution in [0.3, 0.4) is 0 Å². The van der Waals surface area contributed by atoms with E-state index in [1.165, 1.54) is 18.5 Å². The number of carbonyl (C=O) groups is 1. The van der Waals surface area contributed by atoms with Crippen LogP contribution in [0.1, 0.15) is 33.1 Å². The second-order valence-corrected chi connectivity index (χ2v) is 10.4. The van der Waals surface area contributed by atoms with E-state index < -0.39 is 5.82 Å². The van der Waals surface area contributed by atoms with Crippen LogP contribution < -0.4 is 14.8 Å². The van der Waals surface area contributed by atoms with Gasteiger partial charge in [-0.1, -0.05) is 18.5 Å². The van der Waals surface area contributed by atoms with Crippen LogP contribution in [-0.2, 0) is 9.53 Å². The van der Waals surface area contributed by atoms with E-state index in [4.69, 9.17) is 25.8 Å². The Morgan fingerprint density at radius 2 is 2.00 bits per heavy atom. The second-order valence-electron chi connectivity index (χ2n) is 9.97. The molecule has 0 aliphatic carbocycles. The molecule has 1 N–H and O–H groups in total. The molecule has 2 aliphatic heterocycles. The number of halogens is 2. The Kier molecular flexibility index (Phi) is 8.34. The lowest BCUT2D eigenvalue weighted by atomic mass is 10.0. The molecule has 2 aromatic carbocycles. The highest BCUT2D eigenvalue weighted by Crippen LogP contribution is 2.36. The number of hydrogen-bond acceptors (Lipinski definition) is 9. The van der Waals surface area contributed by atoms with E-state index in [0.29, 0.717) is 41.1 Å². The van der Waals surface area contributed by atoms with Crippen molar-refractivity contribution < 1.29 is 23.4 Å². The minimum Gasteiger partial charge on any atom is -0.493 e. The van der Waals surface area contributed by atoms with Crippen molar-refractivity contribution in [3.05, 3.63) is 47.5 Å². The number of anilines is 2. The van der Waals surface area contributed by atoms with Gasteiger partial charge in [-0.05, 0) is 50.5 Å². The van der Waals surface area contributed by atoms with Crippen LogP contribution in [0, 0.1) is 5.82 Å². The van der Waals surface area contributed by atoms with Crippen LogP contribution in [0.15, 0.2) is 36.7 Å². The molecule has 0 amide bonds. The van der Waals surface area contributed by atoms with Crippen molar-refractivity contribution in [1.82, 2.24) is 19.8 Å². The lowest BCUT2D eigenvalue weighted by molar-refractivity contribution is -0.159. The molecule has 3 aromatic rings. The highest BCUT2D eigenvalue weighted by molar-refractivity contribution is 6.31. The molecule has 1 aromatic heterocycles. The number of piperidine rings is 1. The first-order valence-corrected chi connectivity index (χ1v) is 13.6. The molecule has 5 rings (SSSR count). The summed E-state index contributed by atoms with van der Waals surface area (Å²) in [4.78, 5) is 25.3. The SMILES string of the molecule is CCC(Oc1cc2ncnc(Nc3ccc(F)c(Cl)c3)c2cc1OC)N1CCC(N2CC(=O)OC(C)C2)CC1. The van der Waals surface area contributed by atoms with Crippen molar-refractivity contribution in [2.75, 3.05) is 38.6 Å². The van der Waals surface area contributed by atoms with E-state index in [2.05, 4.69) is 32.0 Å². The van der Waals surface area contributed by atoms with E-state index in [-0.39, 0.29) is 23.3 Å². The van der Waals surface area contributed by atoms with Gasteiger partial charge in [0.15, 0.2) is 17.7 Å². The van der Waals surface area contributed by atoms with Crippen molar-refractivity contribution in [3.63, 3.8) is 0 Å². The number of rotatable bonds is 8. The summed E-state index contributed by atoms with van der Waals surface area (Å²) in [6.07, 6.45) is 3.98. The number of morpholine rings is 1. The molecule has 2 aliphatic rings. The molecule has 11 heteroatoms. The largest absolute Gasteiger partial charge is 0.493 e. The Morgan fingerprint density at radius 3 is 2.69 bits per heavy atom. The van der Waals surface area contributed by atoms with Crippen LogP contribution >= 0.6 is 11.6 Å². The molecule has 208 valence electrons. The third-order valence-electron chi connectivity index (χ3n) is 7.29. The standard InChI is InChI=1S/C28H33ClFN5O4/c1-4-26(34-9-7-19(8-10-34)35-14-17(2)38-27(36)15-35)39-25-13-23-20(12-24(25)37-3)28(32-16-31-23)33-18-5-6-22(30)21(29)11-18/h5-6,11-13,16-17,19,26H,4,7-10,14-15H2,1-3H3,(H,31,32,33). The van der Waals surface area contributed by atoms with Gasteiger partial charge in [-0.2, -0.15) is 0 Å². The highest BCUT2D eigenvalue weighted by atomic mass is 35.5. The number of benzene rings is 2. The topological polar surface area (TPSA) is 89.1 Å². The van der Waals surface area contributed by atoms with Crippen LogP contribution in [0.4, 0.5) is 15.9 Å². The van der Waals surface area contributed by atoms with Gasteiger partial charge in [-0.25, -0.2) is 14.4 Å². The molecule has 2 atom stereocenters. The van der Waals surface area contributed by atoms with Crippen LogP contribution in [0.2, 0.25) is 5.02 Å². The first kappa shape index (κ1) is 27.4. The van der Waals surface area contributed by atoms with Crippen molar-refractivity contribution in [2.45, 2.75) is 51.5 Å². The minimum absolute atomic E-state index is 0.0225. The maximum atomic E-state index is 13.6. The van der Waals surface area contributed by atoms with Crippen molar-refractivity contribution in [2.24, 2.45) is 0 Å². The van der Waals surface area contributed by atoms with Gasteiger partial charge in [-0.15, -0.1) is 0 Å². The Labute approximate surface area is 232 Å². The van der Waals surface area contributed by atoms with E-state index >= 15 is 0 Å². The van der Waals surface area contributed by atoms with Gasteiger partial charge in [0, 0.05) is 42.8 Å². The molecule has 0 radical (unpaired) electrons. The molecule has 2 saturated heterocycles. The molecular weight excluding hydrogens is 525 g/mol. The van der Waals surface area contributed by atoms with E-state index in [1.807, 2.05) is 19.1 Å². The Morgan fingerprint density at radius 1 is 1.21 bits per heavy atom. The summed E-state index contributed by atoms with van der Waals surface area (Å²) in [6.45, 7) is 6.93. The molecule has 9 nitrogen and oxygen atoms in total. The summed E-state index contributed by atoms with van der Waals surface area (Å²) in [5.74, 6) is 1.07. The number of ether oxygens (including phenoxy) is 3. The van der Waals surface area contributed by atoms with Gasteiger partial charge in [0.2, 0.25) is 0 Å². The molecular formula is C28H33ClFN5O4. The summed E-state index contributed by atoms with van der Waals surface area (Å²) < 4.78 is 31.1. The predicted molar refractivity (Wildman–Crippen MR) is 147 cm³/mol. The number of nitrogens with zero attached hydrogens (tertiary/aromatic N) is 4. The summed E-state index contributed by atoms with van der Waals surface area (Å²) in [6, 6.07) is 8.46. The first-order valence-electron chi connectivity index (χ1n) is 13.2. The van der Waals surface area contributed by atoms with Gasteiger partial charge in [0.1, 0.15) is 24.1 Å². The zero-order chi connectivity index (χ0) is 27.5. The number of nitrogens with one attached hydrogen (secondary N) is 1. The summed E-state index contributed by atoms with van der Waals surface area (Å²) >= 11 is 5.94. The number of carbonyl (C=O) groups excluding carboxylic acids is 1. The van der Waals surface area contributed by atoms with Crippen LogP contribution in [-0.4, -0.2) is 77.4 Å². The van der Waals surface area contributed by atoms with Crippen LogP contribution in [0.25, 0.3) is 10.9 Å². The summed E-state index contributed by atoms with van der Waals surface area (Å²) in [5.41, 5.74) is 1.28. The van der Waals surface area contributed by atoms with Crippen molar-refractivity contribution >= 4 is 40.0 Å². The van der Waals surface area contributed by atoms with Crippen molar-refractivity contribution in [3.8, 4) is 11.5 Å². The zero-order valence-electron chi connectivity index (χ0n) is 22.3. The predicted octanol–water partition coefficient (Wildman–Crippen LogP) is 5.00. The molecule has 0 spiro atoms. The van der Waals surface area contributed by atoms with Gasteiger partial charge in [0.25, 0.3) is 0 Å². The fourth-order valence-electron chi connectivity index (χ4n) is 5.37. The molecule has 2 fully saturated rings. The summed E-state index contributed by atoms with van der Waals surface area (Å²) in [7, 11) is 1.60. The lowest BCUT2D eigenvalue weighted by Crippen LogP contribution is -2.54. The molecule has 0 bridgehead atoms. The molecule has 39 heavy (non-hydrogen) atoms. The summed E-state index contributed by atoms with van der Waals surface area (Å²) in [5, 5.41) is 3.94. The highest BCUT2D eigenvalue weighted by Gasteiger charge is 2.33. The smallest absolute Gasteiger partial charge is 0.320 e. The third-order valence-corrected chi connectivity index (χ3v) is 7.58. The fourth-order valence-corrected chi connectivity index (χ4v) is 5.55. The second kappa shape index (κ2) is 11.9.